The Labute approximate surface area is 167 Å². The van der Waals surface area contributed by atoms with Crippen molar-refractivity contribution >= 4 is 29.0 Å². The zero-order chi connectivity index (χ0) is 19.7. The maximum Gasteiger partial charge on any atom is 0.323 e. The zero-order valence-electron chi connectivity index (χ0n) is 15.9. The van der Waals surface area contributed by atoms with E-state index in [4.69, 9.17) is 11.6 Å². The molecule has 4 rings (SSSR count). The lowest BCUT2D eigenvalue weighted by Gasteiger charge is -2.14. The molecule has 0 aliphatic carbocycles. The molecule has 3 aromatic rings. The van der Waals surface area contributed by atoms with Gasteiger partial charge in [-0.15, -0.1) is 10.2 Å². The minimum absolute atomic E-state index is 0.371. The monoisotopic (exact) mass is 399 g/mol. The van der Waals surface area contributed by atoms with Gasteiger partial charge in [-0.05, 0) is 49.9 Å². The standard InChI is InChI=1S/C19H22ClN7O/c1-12-7-15(20)16(8-13(12)2)23-19(28)22-14-9-21-26(10-14)11-18-25-24-17-5-3-4-6-27(17)18/h7-10H,3-6,11H2,1-2H3,(H2,22,23,28). The normalized spacial score (nSPS) is 13.2. The molecule has 0 saturated carbocycles. The van der Waals surface area contributed by atoms with Crippen LogP contribution in [0.3, 0.4) is 0 Å². The van der Waals surface area contributed by atoms with Gasteiger partial charge in [0.1, 0.15) is 12.4 Å². The molecule has 3 heterocycles. The Kier molecular flexibility index (Phi) is 5.04. The van der Waals surface area contributed by atoms with E-state index >= 15 is 0 Å². The summed E-state index contributed by atoms with van der Waals surface area (Å²) in [6.07, 6.45) is 6.65. The summed E-state index contributed by atoms with van der Waals surface area (Å²) in [6, 6.07) is 3.32. The van der Waals surface area contributed by atoms with E-state index in [1.54, 1.807) is 17.1 Å². The number of anilines is 2. The lowest BCUT2D eigenvalue weighted by molar-refractivity contribution is 0.262. The second-order valence-electron chi connectivity index (χ2n) is 7.06. The molecule has 1 aromatic carbocycles. The minimum atomic E-state index is -0.371. The van der Waals surface area contributed by atoms with Crippen molar-refractivity contribution in [3.8, 4) is 0 Å². The summed E-state index contributed by atoms with van der Waals surface area (Å²) in [6.45, 7) is 5.41. The number of hydrogen-bond donors (Lipinski definition) is 2. The van der Waals surface area contributed by atoms with Gasteiger partial charge in [0.2, 0.25) is 0 Å². The molecule has 9 heteroatoms. The Morgan fingerprint density at radius 3 is 2.86 bits per heavy atom. The molecule has 0 fully saturated rings. The highest BCUT2D eigenvalue weighted by Crippen LogP contribution is 2.25. The van der Waals surface area contributed by atoms with Gasteiger partial charge in [0.15, 0.2) is 5.82 Å². The van der Waals surface area contributed by atoms with Gasteiger partial charge in [-0.2, -0.15) is 5.10 Å². The van der Waals surface area contributed by atoms with Crippen molar-refractivity contribution in [3.63, 3.8) is 0 Å². The van der Waals surface area contributed by atoms with Crippen molar-refractivity contribution in [2.24, 2.45) is 0 Å². The smallest absolute Gasteiger partial charge is 0.313 e. The van der Waals surface area contributed by atoms with E-state index in [0.717, 1.165) is 48.6 Å². The Morgan fingerprint density at radius 1 is 1.18 bits per heavy atom. The molecule has 2 amide bonds. The first kappa shape index (κ1) is 18.5. The fraction of sp³-hybridized carbons (Fsp3) is 0.368. The van der Waals surface area contributed by atoms with Gasteiger partial charge >= 0.3 is 6.03 Å². The van der Waals surface area contributed by atoms with Crippen molar-refractivity contribution < 1.29 is 4.79 Å². The number of carbonyl (C=O) groups excluding carboxylic acids is 1. The van der Waals surface area contributed by atoms with Crippen LogP contribution in [0.15, 0.2) is 24.5 Å². The van der Waals surface area contributed by atoms with E-state index < -0.39 is 0 Å². The Balaban J connectivity index is 1.40. The number of aromatic nitrogens is 5. The average molecular weight is 400 g/mol. The summed E-state index contributed by atoms with van der Waals surface area (Å²) < 4.78 is 3.90. The van der Waals surface area contributed by atoms with E-state index in [0.29, 0.717) is 22.9 Å². The molecule has 146 valence electrons. The summed E-state index contributed by atoms with van der Waals surface area (Å²) in [5.74, 6) is 1.92. The van der Waals surface area contributed by atoms with Crippen molar-refractivity contribution in [2.75, 3.05) is 10.6 Å². The van der Waals surface area contributed by atoms with E-state index in [1.165, 1.54) is 0 Å². The number of nitrogens with one attached hydrogen (secondary N) is 2. The SMILES string of the molecule is Cc1cc(Cl)c(NC(=O)Nc2cnn(Cc3nnc4n3CCCC4)c2)cc1C. The van der Waals surface area contributed by atoms with Crippen molar-refractivity contribution in [2.45, 2.75) is 46.2 Å². The molecule has 0 spiro atoms. The molecule has 1 aliphatic heterocycles. The van der Waals surface area contributed by atoms with Crippen LogP contribution in [0.5, 0.6) is 0 Å². The highest BCUT2D eigenvalue weighted by Gasteiger charge is 2.16. The second-order valence-corrected chi connectivity index (χ2v) is 7.47. The molecule has 0 atom stereocenters. The Bertz CT molecular complexity index is 1020. The number of halogens is 1. The second kappa shape index (κ2) is 7.63. The van der Waals surface area contributed by atoms with Gasteiger partial charge < -0.3 is 15.2 Å². The number of urea groups is 1. The van der Waals surface area contributed by atoms with E-state index in [-0.39, 0.29) is 6.03 Å². The molecule has 2 aromatic heterocycles. The van der Waals surface area contributed by atoms with Crippen molar-refractivity contribution in [1.29, 1.82) is 0 Å². The fourth-order valence-electron chi connectivity index (χ4n) is 3.31. The quantitative estimate of drug-likeness (QED) is 0.698. The molecular weight excluding hydrogens is 378 g/mol. The topological polar surface area (TPSA) is 89.7 Å². The van der Waals surface area contributed by atoms with Gasteiger partial charge in [0.25, 0.3) is 0 Å². The first-order valence-electron chi connectivity index (χ1n) is 9.28. The van der Waals surface area contributed by atoms with E-state index in [1.807, 2.05) is 26.0 Å². The lowest BCUT2D eigenvalue weighted by atomic mass is 10.1. The summed E-state index contributed by atoms with van der Waals surface area (Å²) in [7, 11) is 0. The van der Waals surface area contributed by atoms with Crippen LogP contribution in [0.25, 0.3) is 0 Å². The van der Waals surface area contributed by atoms with Crippen LogP contribution < -0.4 is 10.6 Å². The Morgan fingerprint density at radius 2 is 2.00 bits per heavy atom. The minimum Gasteiger partial charge on any atom is -0.313 e. The highest BCUT2D eigenvalue weighted by atomic mass is 35.5. The van der Waals surface area contributed by atoms with Crippen LogP contribution in [0.1, 0.15) is 35.6 Å². The third kappa shape index (κ3) is 3.87. The number of benzene rings is 1. The predicted octanol–water partition coefficient (Wildman–Crippen LogP) is 3.77. The molecule has 1 aliphatic rings. The number of aryl methyl sites for hydroxylation is 3. The number of fused-ring (bicyclic) bond motifs is 1. The number of carbonyl (C=O) groups is 1. The summed E-state index contributed by atoms with van der Waals surface area (Å²) in [4.78, 5) is 12.3. The number of rotatable bonds is 4. The fourth-order valence-corrected chi connectivity index (χ4v) is 3.57. The summed E-state index contributed by atoms with van der Waals surface area (Å²) in [5, 5.41) is 18.9. The maximum atomic E-state index is 12.3. The molecule has 2 N–H and O–H groups in total. The van der Waals surface area contributed by atoms with E-state index in [2.05, 4.69) is 30.5 Å². The van der Waals surface area contributed by atoms with Gasteiger partial charge in [0.05, 0.1) is 22.6 Å². The molecule has 0 saturated heterocycles. The van der Waals surface area contributed by atoms with Crippen LogP contribution in [0.2, 0.25) is 5.02 Å². The van der Waals surface area contributed by atoms with Gasteiger partial charge in [0, 0.05) is 19.2 Å². The third-order valence-electron chi connectivity index (χ3n) is 4.96. The van der Waals surface area contributed by atoms with E-state index in [9.17, 15) is 4.79 Å². The number of amides is 2. The molecule has 0 radical (unpaired) electrons. The molecule has 0 unspecified atom stereocenters. The van der Waals surface area contributed by atoms with Crippen LogP contribution in [-0.4, -0.2) is 30.6 Å². The first-order chi connectivity index (χ1) is 13.5. The number of hydrogen-bond acceptors (Lipinski definition) is 4. The summed E-state index contributed by atoms with van der Waals surface area (Å²) >= 11 is 6.22. The molecule has 8 nitrogen and oxygen atoms in total. The molecule has 0 bridgehead atoms. The van der Waals surface area contributed by atoms with Crippen LogP contribution >= 0.6 is 11.6 Å². The average Bonchev–Trinajstić information content (AvgIpc) is 3.27. The van der Waals surface area contributed by atoms with Gasteiger partial charge in [-0.1, -0.05) is 11.6 Å². The highest BCUT2D eigenvalue weighted by molar-refractivity contribution is 6.33. The lowest BCUT2D eigenvalue weighted by Crippen LogP contribution is -2.19. The Hall–Kier alpha value is -2.87. The van der Waals surface area contributed by atoms with Crippen LogP contribution in [-0.2, 0) is 19.5 Å². The predicted molar refractivity (Wildman–Crippen MR) is 108 cm³/mol. The van der Waals surface area contributed by atoms with Crippen LogP contribution in [0.4, 0.5) is 16.2 Å². The largest absolute Gasteiger partial charge is 0.323 e. The maximum absolute atomic E-state index is 12.3. The summed E-state index contributed by atoms with van der Waals surface area (Å²) in [5.41, 5.74) is 3.30. The van der Waals surface area contributed by atoms with Crippen LogP contribution in [0, 0.1) is 13.8 Å². The van der Waals surface area contributed by atoms with Crippen molar-refractivity contribution in [1.82, 2.24) is 24.5 Å². The number of nitrogens with zero attached hydrogens (tertiary/aromatic N) is 5. The van der Waals surface area contributed by atoms with Crippen molar-refractivity contribution in [3.05, 3.63) is 52.3 Å². The molecule has 28 heavy (non-hydrogen) atoms. The molecular formula is C19H22ClN7O. The first-order valence-corrected chi connectivity index (χ1v) is 9.65. The zero-order valence-corrected chi connectivity index (χ0v) is 16.6. The van der Waals surface area contributed by atoms with Gasteiger partial charge in [-0.3, -0.25) is 4.68 Å². The van der Waals surface area contributed by atoms with Gasteiger partial charge in [-0.25, -0.2) is 4.79 Å². The third-order valence-corrected chi connectivity index (χ3v) is 5.27.